The molecule has 0 fully saturated rings. The van der Waals surface area contributed by atoms with Crippen LogP contribution in [0.1, 0.15) is 6.42 Å². The van der Waals surface area contributed by atoms with Gasteiger partial charge in [-0.15, -0.1) is 6.58 Å². The Morgan fingerprint density at radius 2 is 1.50 bits per heavy atom. The molecule has 0 saturated heterocycles. The van der Waals surface area contributed by atoms with Gasteiger partial charge in [0.2, 0.25) is 0 Å². The summed E-state index contributed by atoms with van der Waals surface area (Å²) in [5, 5.41) is -1.96. The zero-order valence-corrected chi connectivity index (χ0v) is 7.86. The van der Waals surface area contributed by atoms with Gasteiger partial charge in [0.25, 0.3) is 0 Å². The minimum atomic E-state index is -4.75. The van der Waals surface area contributed by atoms with E-state index in [-0.39, 0.29) is 0 Å². The van der Waals surface area contributed by atoms with Crippen molar-refractivity contribution in [3.8, 4) is 0 Å². The lowest BCUT2D eigenvalue weighted by atomic mass is 10.5. The Morgan fingerprint density at radius 1 is 1.17 bits per heavy atom. The monoisotopic (exact) mass is 216 g/mol. The molecule has 0 aliphatic rings. The second-order valence-corrected chi connectivity index (χ2v) is 6.19. The molecule has 0 saturated carbocycles. The van der Waals surface area contributed by atoms with Crippen LogP contribution in [-0.2, 0) is 9.13 Å². The van der Waals surface area contributed by atoms with Gasteiger partial charge >= 0.3 is 15.2 Å². The molecule has 8 heteroatoms. The first kappa shape index (κ1) is 12.0. The molecular weight excluding hydrogens is 206 g/mol. The molecular formula is C4H10O6P2. The van der Waals surface area contributed by atoms with Crippen molar-refractivity contribution >= 4 is 15.2 Å². The van der Waals surface area contributed by atoms with Gasteiger partial charge in [-0.2, -0.15) is 0 Å². The number of hydrogen-bond acceptors (Lipinski definition) is 2. The molecule has 0 rings (SSSR count). The highest BCUT2D eigenvalue weighted by Crippen LogP contribution is 2.61. The minimum Gasteiger partial charge on any atom is -0.324 e. The van der Waals surface area contributed by atoms with Gasteiger partial charge in [-0.1, -0.05) is 6.08 Å². The lowest BCUT2D eigenvalue weighted by Gasteiger charge is -2.17. The summed E-state index contributed by atoms with van der Waals surface area (Å²) < 4.78 is 21.0. The predicted molar refractivity (Wildman–Crippen MR) is 42.7 cm³/mol. The van der Waals surface area contributed by atoms with Crippen LogP contribution in [0.3, 0.4) is 0 Å². The Kier molecular flexibility index (Phi) is 3.85. The third kappa shape index (κ3) is 3.63. The van der Waals surface area contributed by atoms with Crippen molar-refractivity contribution < 1.29 is 28.7 Å². The molecule has 0 aromatic heterocycles. The second kappa shape index (κ2) is 3.83. The molecule has 0 amide bonds. The van der Waals surface area contributed by atoms with Crippen molar-refractivity contribution in [3.05, 3.63) is 12.7 Å². The fraction of sp³-hybridized carbons (Fsp3) is 0.500. The molecule has 72 valence electrons. The van der Waals surface area contributed by atoms with Gasteiger partial charge in [0.1, 0.15) is 0 Å². The van der Waals surface area contributed by atoms with Crippen LogP contribution in [0.5, 0.6) is 0 Å². The van der Waals surface area contributed by atoms with Crippen molar-refractivity contribution in [1.82, 2.24) is 0 Å². The van der Waals surface area contributed by atoms with E-state index in [0.29, 0.717) is 0 Å². The summed E-state index contributed by atoms with van der Waals surface area (Å²) in [4.78, 5) is 34.1. The summed E-state index contributed by atoms with van der Waals surface area (Å²) >= 11 is 0. The lowest BCUT2D eigenvalue weighted by Crippen LogP contribution is -2.07. The first-order chi connectivity index (χ1) is 5.19. The van der Waals surface area contributed by atoms with Crippen molar-refractivity contribution in [3.63, 3.8) is 0 Å². The maximum absolute atomic E-state index is 10.5. The van der Waals surface area contributed by atoms with Gasteiger partial charge in [0, 0.05) is 0 Å². The van der Waals surface area contributed by atoms with E-state index < -0.39 is 27.0 Å². The Hall–Kier alpha value is 0.0400. The molecule has 0 heterocycles. The van der Waals surface area contributed by atoms with Crippen LogP contribution in [-0.4, -0.2) is 25.0 Å². The Labute approximate surface area is 69.2 Å². The topological polar surface area (TPSA) is 115 Å². The maximum atomic E-state index is 10.5. The molecule has 0 aromatic rings. The van der Waals surface area contributed by atoms with E-state index in [1.807, 2.05) is 0 Å². The molecule has 0 aromatic carbocycles. The van der Waals surface area contributed by atoms with E-state index in [9.17, 15) is 9.13 Å². The molecule has 0 radical (unpaired) electrons. The first-order valence-electron chi connectivity index (χ1n) is 2.91. The van der Waals surface area contributed by atoms with E-state index in [0.717, 1.165) is 6.08 Å². The molecule has 0 aliphatic carbocycles. The average molecular weight is 216 g/mol. The third-order valence-electron chi connectivity index (χ3n) is 1.15. The molecule has 0 aliphatic heterocycles. The van der Waals surface area contributed by atoms with E-state index >= 15 is 0 Å². The van der Waals surface area contributed by atoms with Gasteiger partial charge in [-0.3, -0.25) is 9.13 Å². The lowest BCUT2D eigenvalue weighted by molar-refractivity contribution is 0.339. The molecule has 0 bridgehead atoms. The Morgan fingerprint density at radius 3 is 1.58 bits per heavy atom. The maximum Gasteiger partial charge on any atom is 0.341 e. The molecule has 0 spiro atoms. The zero-order chi connectivity index (χ0) is 9.99. The standard InChI is InChI=1S/C4H10O6P2/c1-2-3-4(11(5,6)7)12(8,9)10/h2,4H,1,3H2,(H2,5,6,7)(H2,8,9,10). The molecule has 0 atom stereocenters. The van der Waals surface area contributed by atoms with E-state index in [1.165, 1.54) is 0 Å². The SMILES string of the molecule is C=CCC(P(=O)(O)O)P(=O)(O)O. The van der Waals surface area contributed by atoms with Crippen molar-refractivity contribution in [2.75, 3.05) is 0 Å². The largest absolute Gasteiger partial charge is 0.341 e. The van der Waals surface area contributed by atoms with Gasteiger partial charge in [-0.25, -0.2) is 0 Å². The average Bonchev–Trinajstić information content (AvgIpc) is 1.77. The summed E-state index contributed by atoms with van der Waals surface area (Å²) in [6.07, 6.45) is 0.650. The summed E-state index contributed by atoms with van der Waals surface area (Å²) in [6, 6.07) is 0. The summed E-state index contributed by atoms with van der Waals surface area (Å²) in [7, 11) is -9.50. The highest BCUT2D eigenvalue weighted by atomic mass is 31.2. The van der Waals surface area contributed by atoms with Crippen molar-refractivity contribution in [2.24, 2.45) is 0 Å². The van der Waals surface area contributed by atoms with Gasteiger partial charge < -0.3 is 19.6 Å². The minimum absolute atomic E-state index is 0.408. The smallest absolute Gasteiger partial charge is 0.324 e. The molecule has 6 nitrogen and oxygen atoms in total. The Bertz CT molecular complexity index is 226. The first-order valence-corrected chi connectivity index (χ1v) is 6.27. The van der Waals surface area contributed by atoms with Crippen LogP contribution in [0.2, 0.25) is 0 Å². The van der Waals surface area contributed by atoms with Crippen LogP contribution >= 0.6 is 15.2 Å². The van der Waals surface area contributed by atoms with E-state index in [4.69, 9.17) is 19.6 Å². The van der Waals surface area contributed by atoms with E-state index in [1.54, 1.807) is 0 Å². The number of allylic oxidation sites excluding steroid dienone is 1. The van der Waals surface area contributed by atoms with Gasteiger partial charge in [0.05, 0.1) is 0 Å². The second-order valence-electron chi connectivity index (χ2n) is 2.18. The highest BCUT2D eigenvalue weighted by Gasteiger charge is 2.41. The number of rotatable bonds is 4. The fourth-order valence-electron chi connectivity index (χ4n) is 0.620. The van der Waals surface area contributed by atoms with Crippen molar-refractivity contribution in [1.29, 1.82) is 0 Å². The van der Waals surface area contributed by atoms with E-state index in [2.05, 4.69) is 6.58 Å². The van der Waals surface area contributed by atoms with Crippen LogP contribution in [0, 0.1) is 0 Å². The van der Waals surface area contributed by atoms with Crippen LogP contribution in [0.4, 0.5) is 0 Å². The van der Waals surface area contributed by atoms with Gasteiger partial charge in [-0.05, 0) is 6.42 Å². The quantitative estimate of drug-likeness (QED) is 0.395. The summed E-state index contributed by atoms with van der Waals surface area (Å²) in [6.45, 7) is 3.14. The van der Waals surface area contributed by atoms with Crippen LogP contribution in [0.25, 0.3) is 0 Å². The molecule has 4 N–H and O–H groups in total. The highest BCUT2D eigenvalue weighted by molar-refractivity contribution is 7.70. The third-order valence-corrected chi connectivity index (χ3v) is 4.93. The van der Waals surface area contributed by atoms with Crippen molar-refractivity contribution in [2.45, 2.75) is 11.8 Å². The molecule has 0 unspecified atom stereocenters. The summed E-state index contributed by atoms with van der Waals surface area (Å²) in [5.74, 6) is 0. The predicted octanol–water partition coefficient (Wildman–Crippen LogP) is 0.244. The Balaban J connectivity index is 4.81. The normalized spacial score (nSPS) is 13.4. The van der Waals surface area contributed by atoms with Crippen LogP contribution in [0.15, 0.2) is 12.7 Å². The molecule has 12 heavy (non-hydrogen) atoms. The zero-order valence-electron chi connectivity index (χ0n) is 6.07. The van der Waals surface area contributed by atoms with Gasteiger partial charge in [0.15, 0.2) is 5.40 Å². The summed E-state index contributed by atoms with van der Waals surface area (Å²) in [5.41, 5.74) is 0. The fourth-order valence-corrected chi connectivity index (χ4v) is 3.03. The number of hydrogen-bond donors (Lipinski definition) is 4. The van der Waals surface area contributed by atoms with Crippen LogP contribution < -0.4 is 0 Å².